The predicted octanol–water partition coefficient (Wildman–Crippen LogP) is 3.10. The van der Waals surface area contributed by atoms with Crippen LogP contribution in [0.15, 0.2) is 47.9 Å². The highest BCUT2D eigenvalue weighted by molar-refractivity contribution is 5.94. The molecule has 0 saturated carbocycles. The van der Waals surface area contributed by atoms with Crippen LogP contribution in [0.25, 0.3) is 0 Å². The first-order valence-electron chi connectivity index (χ1n) is 10.3. The molecule has 9 heteroatoms. The van der Waals surface area contributed by atoms with E-state index in [1.807, 2.05) is 24.1 Å². The summed E-state index contributed by atoms with van der Waals surface area (Å²) in [5.74, 6) is -0.0629. The summed E-state index contributed by atoms with van der Waals surface area (Å²) in [6.07, 6.45) is -1.01. The lowest BCUT2D eigenvalue weighted by Gasteiger charge is -2.39. The molecule has 2 aliphatic rings. The topological polar surface area (TPSA) is 62.0 Å². The number of carbonyl (C=O) groups excluding carboxylic acids is 1. The van der Waals surface area contributed by atoms with Crippen molar-refractivity contribution in [3.63, 3.8) is 0 Å². The normalized spacial score (nSPS) is 20.8. The average molecular weight is 438 g/mol. The van der Waals surface area contributed by atoms with E-state index in [-0.39, 0.29) is 12.5 Å². The second kappa shape index (κ2) is 9.21. The fraction of sp³-hybridized carbons (Fsp3) is 0.500. The van der Waals surface area contributed by atoms with E-state index in [2.05, 4.69) is 0 Å². The molecule has 2 heterocycles. The molecule has 0 aromatic heterocycles. The molecule has 1 amide bonds. The highest BCUT2D eigenvalue weighted by Gasteiger charge is 2.41. The van der Waals surface area contributed by atoms with Crippen LogP contribution in [0.4, 0.5) is 13.2 Å². The molecule has 0 bridgehead atoms. The van der Waals surface area contributed by atoms with Gasteiger partial charge in [-0.1, -0.05) is 12.1 Å². The van der Waals surface area contributed by atoms with Crippen LogP contribution >= 0.6 is 0 Å². The molecule has 2 aliphatic heterocycles. The lowest BCUT2D eigenvalue weighted by Crippen LogP contribution is -2.45. The Kier molecular flexibility index (Phi) is 6.83. The minimum atomic E-state index is -4.36. The zero-order valence-electron chi connectivity index (χ0n) is 18.0. The minimum absolute atomic E-state index is 0.0629. The van der Waals surface area contributed by atoms with E-state index in [9.17, 15) is 18.0 Å². The first kappa shape index (κ1) is 23.0. The van der Waals surface area contributed by atoms with Gasteiger partial charge in [-0.3, -0.25) is 4.79 Å². The number of likely N-dealkylation sites (N-methyl/N-ethyl adjacent to an activating group) is 2. The third-order valence-electron chi connectivity index (χ3n) is 5.83. The Hall–Kier alpha value is -2.68. The Morgan fingerprint density at radius 3 is 2.42 bits per heavy atom. The number of benzene rings is 1. The Balaban J connectivity index is 1.87. The summed E-state index contributed by atoms with van der Waals surface area (Å²) in [6, 6.07) is 5.00. The molecule has 1 aromatic rings. The minimum Gasteiger partial charge on any atom is -0.398 e. The summed E-state index contributed by atoms with van der Waals surface area (Å²) in [4.78, 5) is 17.5. The number of halogens is 3. The standard InChI is InChI=1S/C22H29F3N4O2/c1-4-29(15(2)22(23,24)25)18-9-10-27(3)20(19(18)26)16-5-7-17(8-6-16)21(30)28-11-13-31-14-12-28/h5-10,15,20H,4,11-14,26H2,1-3H3. The Morgan fingerprint density at radius 1 is 1.26 bits per heavy atom. The summed E-state index contributed by atoms with van der Waals surface area (Å²) in [6.45, 7) is 5.14. The lowest BCUT2D eigenvalue weighted by molar-refractivity contribution is -0.173. The summed E-state index contributed by atoms with van der Waals surface area (Å²) in [7, 11) is 1.82. The third kappa shape index (κ3) is 4.81. The van der Waals surface area contributed by atoms with Crippen molar-refractivity contribution in [1.82, 2.24) is 14.7 Å². The SMILES string of the molecule is CCN(C1=C(N)C(c2ccc(C(=O)N3CCOCC3)cc2)N(C)C=C1)C(C)C(F)(F)F. The molecule has 31 heavy (non-hydrogen) atoms. The number of nitrogens with two attached hydrogens (primary N) is 1. The molecule has 2 atom stereocenters. The number of allylic oxidation sites excluding steroid dienone is 1. The number of amides is 1. The van der Waals surface area contributed by atoms with Crippen LogP contribution in [-0.2, 0) is 4.74 Å². The van der Waals surface area contributed by atoms with Gasteiger partial charge in [-0.15, -0.1) is 0 Å². The van der Waals surface area contributed by atoms with Gasteiger partial charge in [0.2, 0.25) is 0 Å². The number of rotatable bonds is 5. The summed E-state index contributed by atoms with van der Waals surface area (Å²) in [5.41, 5.74) is 8.47. The van der Waals surface area contributed by atoms with Crippen molar-refractivity contribution in [2.24, 2.45) is 5.73 Å². The van der Waals surface area contributed by atoms with Crippen LogP contribution < -0.4 is 5.73 Å². The molecule has 0 radical (unpaired) electrons. The van der Waals surface area contributed by atoms with Crippen LogP contribution in [0.3, 0.4) is 0 Å². The van der Waals surface area contributed by atoms with Gasteiger partial charge in [0.05, 0.1) is 30.6 Å². The fourth-order valence-electron chi connectivity index (χ4n) is 3.99. The number of ether oxygens (including phenoxy) is 1. The van der Waals surface area contributed by atoms with Gasteiger partial charge in [0.25, 0.3) is 5.91 Å². The van der Waals surface area contributed by atoms with Crippen LogP contribution in [0.2, 0.25) is 0 Å². The van der Waals surface area contributed by atoms with Gasteiger partial charge in [0.1, 0.15) is 6.04 Å². The number of hydrogen-bond acceptors (Lipinski definition) is 5. The second-order valence-corrected chi connectivity index (χ2v) is 7.75. The van der Waals surface area contributed by atoms with Gasteiger partial charge in [0.15, 0.2) is 0 Å². The van der Waals surface area contributed by atoms with Crippen LogP contribution in [0.1, 0.15) is 35.8 Å². The van der Waals surface area contributed by atoms with Gasteiger partial charge >= 0.3 is 6.18 Å². The second-order valence-electron chi connectivity index (χ2n) is 7.75. The molecular weight excluding hydrogens is 409 g/mol. The number of morpholine rings is 1. The molecule has 2 N–H and O–H groups in total. The van der Waals surface area contributed by atoms with Gasteiger partial charge in [-0.05, 0) is 37.6 Å². The van der Waals surface area contributed by atoms with E-state index in [0.717, 1.165) is 12.5 Å². The molecule has 1 fully saturated rings. The van der Waals surface area contributed by atoms with Gasteiger partial charge in [-0.2, -0.15) is 13.2 Å². The van der Waals surface area contributed by atoms with E-state index in [1.54, 1.807) is 36.2 Å². The van der Waals surface area contributed by atoms with Crippen molar-refractivity contribution in [3.8, 4) is 0 Å². The van der Waals surface area contributed by atoms with Crippen molar-refractivity contribution in [1.29, 1.82) is 0 Å². The van der Waals surface area contributed by atoms with Crippen LogP contribution in [0, 0.1) is 0 Å². The molecule has 2 unspecified atom stereocenters. The fourth-order valence-corrected chi connectivity index (χ4v) is 3.99. The maximum Gasteiger partial charge on any atom is 0.408 e. The molecule has 1 saturated heterocycles. The summed E-state index contributed by atoms with van der Waals surface area (Å²) >= 11 is 0. The zero-order chi connectivity index (χ0) is 22.8. The quantitative estimate of drug-likeness (QED) is 0.766. The van der Waals surface area contributed by atoms with E-state index in [1.165, 1.54) is 4.90 Å². The van der Waals surface area contributed by atoms with Gasteiger partial charge in [0, 0.05) is 38.4 Å². The van der Waals surface area contributed by atoms with Crippen LogP contribution in [-0.4, -0.2) is 72.7 Å². The Morgan fingerprint density at radius 2 is 1.87 bits per heavy atom. The molecule has 0 spiro atoms. The first-order chi connectivity index (χ1) is 14.6. The maximum absolute atomic E-state index is 13.4. The van der Waals surface area contributed by atoms with Crippen molar-refractivity contribution in [2.45, 2.75) is 32.1 Å². The zero-order valence-corrected chi connectivity index (χ0v) is 18.0. The highest BCUT2D eigenvalue weighted by Crippen LogP contribution is 2.35. The van der Waals surface area contributed by atoms with Crippen molar-refractivity contribution >= 4 is 5.91 Å². The summed E-state index contributed by atoms with van der Waals surface area (Å²) < 4.78 is 45.4. The Bertz CT molecular complexity index is 845. The largest absolute Gasteiger partial charge is 0.408 e. The van der Waals surface area contributed by atoms with E-state index in [4.69, 9.17) is 10.5 Å². The number of nitrogens with zero attached hydrogens (tertiary/aromatic N) is 3. The van der Waals surface area contributed by atoms with Gasteiger partial charge in [-0.25, -0.2) is 0 Å². The first-order valence-corrected chi connectivity index (χ1v) is 10.3. The smallest absolute Gasteiger partial charge is 0.398 e. The van der Waals surface area contributed by atoms with E-state index in [0.29, 0.717) is 43.3 Å². The summed E-state index contributed by atoms with van der Waals surface area (Å²) in [5, 5.41) is 0. The molecule has 3 rings (SSSR count). The number of carbonyl (C=O) groups is 1. The number of alkyl halides is 3. The van der Waals surface area contributed by atoms with Crippen LogP contribution in [0.5, 0.6) is 0 Å². The van der Waals surface area contributed by atoms with Crippen molar-refractivity contribution in [3.05, 3.63) is 59.1 Å². The molecule has 0 aliphatic carbocycles. The van der Waals surface area contributed by atoms with E-state index < -0.39 is 18.3 Å². The monoisotopic (exact) mass is 438 g/mol. The average Bonchev–Trinajstić information content (AvgIpc) is 2.75. The molecule has 6 nitrogen and oxygen atoms in total. The predicted molar refractivity (Wildman–Crippen MR) is 112 cm³/mol. The number of hydrogen-bond donors (Lipinski definition) is 1. The maximum atomic E-state index is 13.4. The van der Waals surface area contributed by atoms with E-state index >= 15 is 0 Å². The van der Waals surface area contributed by atoms with Gasteiger partial charge < -0.3 is 25.2 Å². The lowest BCUT2D eigenvalue weighted by atomic mass is 9.97. The molecule has 170 valence electrons. The molecular formula is C22H29F3N4O2. The van der Waals surface area contributed by atoms with Crippen molar-refractivity contribution in [2.75, 3.05) is 39.9 Å². The van der Waals surface area contributed by atoms with Crippen molar-refractivity contribution < 1.29 is 22.7 Å². The Labute approximate surface area is 180 Å². The highest BCUT2D eigenvalue weighted by atomic mass is 19.4. The third-order valence-corrected chi connectivity index (χ3v) is 5.83. The molecule has 1 aromatic carbocycles.